The molecule has 2 aromatic rings. The first-order chi connectivity index (χ1) is 10.6. The molecule has 2 aromatic carbocycles. The molecule has 2 rings (SSSR count). The van der Waals surface area contributed by atoms with Gasteiger partial charge in [0.25, 0.3) is 0 Å². The van der Waals surface area contributed by atoms with Gasteiger partial charge in [0.05, 0.1) is 0 Å². The van der Waals surface area contributed by atoms with E-state index in [-0.39, 0.29) is 5.97 Å². The monoisotopic (exact) mass is 317 g/mol. The summed E-state index contributed by atoms with van der Waals surface area (Å²) in [6.45, 7) is 6.72. The van der Waals surface area contributed by atoms with Gasteiger partial charge in [-0.15, -0.1) is 0 Å². The zero-order chi connectivity index (χ0) is 16.2. The average Bonchev–Trinajstić information content (AvgIpc) is 2.54. The van der Waals surface area contributed by atoms with Crippen LogP contribution in [0.4, 0.5) is 0 Å². The first kappa shape index (κ1) is 18.3. The maximum atomic E-state index is 10.4. The van der Waals surface area contributed by atoms with E-state index in [1.54, 1.807) is 24.1 Å². The van der Waals surface area contributed by atoms with E-state index in [1.807, 2.05) is 24.3 Å². The number of carbonyl (C=O) groups excluding carboxylic acids is 1. The topological polar surface area (TPSA) is 38.3 Å². The lowest BCUT2D eigenvalue weighted by atomic mass is 10.2. The third-order valence-corrected chi connectivity index (χ3v) is 3.76. The van der Waals surface area contributed by atoms with Crippen molar-refractivity contribution in [2.75, 3.05) is 6.54 Å². The Kier molecular flexibility index (Phi) is 9.03. The molecule has 0 radical (unpaired) electrons. The van der Waals surface area contributed by atoms with E-state index in [1.165, 1.54) is 12.5 Å². The quantitative estimate of drug-likeness (QED) is 0.496. The highest BCUT2D eigenvalue weighted by atomic mass is 32.2. The maximum Gasteiger partial charge on any atom is 0.308 e. The van der Waals surface area contributed by atoms with E-state index in [0.717, 1.165) is 6.54 Å². The Morgan fingerprint density at radius 1 is 1.09 bits per heavy atom. The Labute approximate surface area is 137 Å². The predicted molar refractivity (Wildman–Crippen MR) is 93.9 cm³/mol. The largest absolute Gasteiger partial charge is 0.427 e. The lowest BCUT2D eigenvalue weighted by molar-refractivity contribution is -0.131. The smallest absolute Gasteiger partial charge is 0.308 e. The number of hydrogen-bond acceptors (Lipinski definition) is 4. The van der Waals surface area contributed by atoms with E-state index in [4.69, 9.17) is 4.74 Å². The number of rotatable bonds is 5. The van der Waals surface area contributed by atoms with Crippen LogP contribution < -0.4 is 9.46 Å². The van der Waals surface area contributed by atoms with E-state index >= 15 is 0 Å². The van der Waals surface area contributed by atoms with Crippen LogP contribution in [0.15, 0.2) is 60.7 Å². The number of benzene rings is 2. The summed E-state index contributed by atoms with van der Waals surface area (Å²) in [5.74, 6) is 0.307. The molecule has 0 aliphatic carbocycles. The summed E-state index contributed by atoms with van der Waals surface area (Å²) in [6, 6.07) is 19.5. The SMILES string of the molecule is CC(=O)Oc1ccccc1.CCNSC(C)c1ccccc1. The van der Waals surface area contributed by atoms with Crippen LogP contribution in [0.3, 0.4) is 0 Å². The minimum atomic E-state index is -0.286. The fraction of sp³-hybridized carbons (Fsp3) is 0.278. The Balaban J connectivity index is 0.000000224. The summed E-state index contributed by atoms with van der Waals surface area (Å²) in [7, 11) is 0. The summed E-state index contributed by atoms with van der Waals surface area (Å²) in [5, 5.41) is 0.533. The van der Waals surface area contributed by atoms with Crippen LogP contribution in [-0.2, 0) is 4.79 Å². The van der Waals surface area contributed by atoms with Gasteiger partial charge in [-0.3, -0.25) is 9.52 Å². The minimum Gasteiger partial charge on any atom is -0.427 e. The molecule has 0 bridgehead atoms. The molecule has 0 aliphatic rings. The normalized spacial score (nSPS) is 11.0. The zero-order valence-electron chi connectivity index (χ0n) is 13.3. The van der Waals surface area contributed by atoms with Gasteiger partial charge in [0, 0.05) is 18.7 Å². The molecule has 3 nitrogen and oxygen atoms in total. The molecule has 0 saturated heterocycles. The van der Waals surface area contributed by atoms with Crippen molar-refractivity contribution in [1.29, 1.82) is 0 Å². The summed E-state index contributed by atoms with van der Waals surface area (Å²) >= 11 is 1.78. The predicted octanol–water partition coefficient (Wildman–Crippen LogP) is 4.62. The molecule has 22 heavy (non-hydrogen) atoms. The molecule has 1 N–H and O–H groups in total. The summed E-state index contributed by atoms with van der Waals surface area (Å²) in [4.78, 5) is 10.4. The van der Waals surface area contributed by atoms with Crippen LogP contribution in [0.5, 0.6) is 5.75 Å². The first-order valence-electron chi connectivity index (χ1n) is 7.30. The maximum absolute atomic E-state index is 10.4. The third kappa shape index (κ3) is 7.86. The molecule has 4 heteroatoms. The lowest BCUT2D eigenvalue weighted by Crippen LogP contribution is -2.03. The summed E-state index contributed by atoms with van der Waals surface area (Å²) < 4.78 is 8.04. The van der Waals surface area contributed by atoms with E-state index in [0.29, 0.717) is 11.0 Å². The van der Waals surface area contributed by atoms with E-state index in [9.17, 15) is 4.79 Å². The van der Waals surface area contributed by atoms with Gasteiger partial charge in [-0.1, -0.05) is 67.4 Å². The Hall–Kier alpha value is -1.78. The molecule has 0 saturated carbocycles. The number of nitrogens with one attached hydrogen (secondary N) is 1. The van der Waals surface area contributed by atoms with Crippen molar-refractivity contribution in [1.82, 2.24) is 4.72 Å². The van der Waals surface area contributed by atoms with Crippen LogP contribution in [0.2, 0.25) is 0 Å². The molecule has 0 spiro atoms. The molecular formula is C18H23NO2S. The van der Waals surface area contributed by atoms with Gasteiger partial charge < -0.3 is 4.74 Å². The number of esters is 1. The van der Waals surface area contributed by atoms with Gasteiger partial charge in [-0.2, -0.15) is 0 Å². The van der Waals surface area contributed by atoms with Crippen LogP contribution in [0.1, 0.15) is 31.6 Å². The number of carbonyl (C=O) groups is 1. The van der Waals surface area contributed by atoms with Crippen LogP contribution in [-0.4, -0.2) is 12.5 Å². The Morgan fingerprint density at radius 2 is 1.64 bits per heavy atom. The minimum absolute atomic E-state index is 0.286. The van der Waals surface area contributed by atoms with E-state index in [2.05, 4.69) is 42.8 Å². The second-order valence-electron chi connectivity index (χ2n) is 4.58. The lowest BCUT2D eigenvalue weighted by Gasteiger charge is -2.10. The Bertz CT molecular complexity index is 531. The molecule has 0 aliphatic heterocycles. The number of hydrogen-bond donors (Lipinski definition) is 1. The molecule has 118 valence electrons. The second-order valence-corrected chi connectivity index (χ2v) is 5.81. The van der Waals surface area contributed by atoms with Crippen LogP contribution in [0, 0.1) is 0 Å². The highest BCUT2D eigenvalue weighted by Crippen LogP contribution is 2.24. The van der Waals surface area contributed by atoms with Crippen molar-refractivity contribution in [2.45, 2.75) is 26.0 Å². The van der Waals surface area contributed by atoms with Gasteiger partial charge in [-0.05, 0) is 24.6 Å². The van der Waals surface area contributed by atoms with Crippen molar-refractivity contribution in [3.63, 3.8) is 0 Å². The second kappa shape index (κ2) is 10.9. The number of ether oxygens (including phenoxy) is 1. The van der Waals surface area contributed by atoms with Crippen molar-refractivity contribution in [3.05, 3.63) is 66.2 Å². The van der Waals surface area contributed by atoms with Crippen LogP contribution >= 0.6 is 11.9 Å². The molecule has 0 fully saturated rings. The van der Waals surface area contributed by atoms with Crippen molar-refractivity contribution in [2.24, 2.45) is 0 Å². The molecule has 0 aromatic heterocycles. The Morgan fingerprint density at radius 3 is 2.14 bits per heavy atom. The average molecular weight is 317 g/mol. The molecule has 1 atom stereocenters. The highest BCUT2D eigenvalue weighted by molar-refractivity contribution is 7.97. The fourth-order valence-corrected chi connectivity index (χ4v) is 2.36. The van der Waals surface area contributed by atoms with Gasteiger partial charge >= 0.3 is 5.97 Å². The van der Waals surface area contributed by atoms with Crippen molar-refractivity contribution >= 4 is 17.9 Å². The third-order valence-electron chi connectivity index (χ3n) is 2.68. The van der Waals surface area contributed by atoms with E-state index < -0.39 is 0 Å². The zero-order valence-corrected chi connectivity index (χ0v) is 14.1. The van der Waals surface area contributed by atoms with Crippen LogP contribution in [0.25, 0.3) is 0 Å². The van der Waals surface area contributed by atoms with Gasteiger partial charge in [0.2, 0.25) is 0 Å². The van der Waals surface area contributed by atoms with Gasteiger partial charge in [0.15, 0.2) is 0 Å². The van der Waals surface area contributed by atoms with Gasteiger partial charge in [0.1, 0.15) is 5.75 Å². The standard InChI is InChI=1S/C10H15NS.C8H8O2/c1-3-11-12-9(2)10-7-5-4-6-8-10;1-7(9)10-8-5-3-2-4-6-8/h4-9,11H,3H2,1-2H3;2-6H,1H3. The highest BCUT2D eigenvalue weighted by Gasteiger charge is 2.02. The molecule has 0 amide bonds. The van der Waals surface area contributed by atoms with Crippen molar-refractivity contribution < 1.29 is 9.53 Å². The molecular weight excluding hydrogens is 294 g/mol. The van der Waals surface area contributed by atoms with Crippen molar-refractivity contribution in [3.8, 4) is 5.75 Å². The summed E-state index contributed by atoms with van der Waals surface area (Å²) in [6.07, 6.45) is 0. The summed E-state index contributed by atoms with van der Waals surface area (Å²) in [5.41, 5.74) is 1.38. The first-order valence-corrected chi connectivity index (χ1v) is 8.18. The molecule has 0 heterocycles. The number of para-hydroxylation sites is 1. The van der Waals surface area contributed by atoms with Gasteiger partial charge in [-0.25, -0.2) is 0 Å². The fourth-order valence-electron chi connectivity index (χ4n) is 1.65. The molecule has 1 unspecified atom stereocenters.